The molecule has 0 atom stereocenters. The van der Waals surface area contributed by atoms with Gasteiger partial charge in [0.25, 0.3) is 0 Å². The van der Waals surface area contributed by atoms with Gasteiger partial charge in [-0.15, -0.1) is 0 Å². The maximum atomic E-state index is 11.5. The van der Waals surface area contributed by atoms with Gasteiger partial charge < -0.3 is 14.4 Å². The van der Waals surface area contributed by atoms with Gasteiger partial charge in [0.05, 0.1) is 12.3 Å². The molecule has 1 saturated carbocycles. The maximum Gasteiger partial charge on any atom is 0.330 e. The first-order valence-corrected chi connectivity index (χ1v) is 8.90. The van der Waals surface area contributed by atoms with Crippen molar-refractivity contribution >= 4 is 12.0 Å². The summed E-state index contributed by atoms with van der Waals surface area (Å²) < 4.78 is 7.15. The first kappa shape index (κ1) is 17.3. The Morgan fingerprint density at radius 2 is 2.00 bits per heavy atom. The summed E-state index contributed by atoms with van der Waals surface area (Å²) in [5.41, 5.74) is 1.70. The molecule has 1 N–H and O–H groups in total. The first-order chi connectivity index (χ1) is 12.2. The number of rotatable bonds is 5. The number of phenols is 1. The van der Waals surface area contributed by atoms with Crippen LogP contribution in [0.3, 0.4) is 0 Å². The molecule has 0 radical (unpaired) electrons. The molecule has 0 aliphatic heterocycles. The van der Waals surface area contributed by atoms with E-state index in [-0.39, 0.29) is 11.7 Å². The lowest BCUT2D eigenvalue weighted by atomic mass is 9.95. The average molecular weight is 340 g/mol. The molecule has 25 heavy (non-hydrogen) atoms. The Hall–Kier alpha value is -2.56. The molecule has 0 amide bonds. The van der Waals surface area contributed by atoms with Crippen LogP contribution in [0, 0.1) is 0 Å². The van der Waals surface area contributed by atoms with E-state index < -0.39 is 0 Å². The Balaban J connectivity index is 1.93. The summed E-state index contributed by atoms with van der Waals surface area (Å²) in [7, 11) is 0. The molecule has 2 aromatic rings. The van der Waals surface area contributed by atoms with E-state index in [4.69, 9.17) is 9.72 Å². The summed E-state index contributed by atoms with van der Waals surface area (Å²) >= 11 is 0. The predicted octanol–water partition coefficient (Wildman–Crippen LogP) is 4.34. The molecule has 0 spiro atoms. The van der Waals surface area contributed by atoms with Crippen LogP contribution in [0.15, 0.2) is 36.5 Å². The zero-order valence-electron chi connectivity index (χ0n) is 14.5. The highest BCUT2D eigenvalue weighted by Gasteiger charge is 2.20. The van der Waals surface area contributed by atoms with Crippen LogP contribution in [-0.2, 0) is 9.53 Å². The van der Waals surface area contributed by atoms with Gasteiger partial charge in [0.2, 0.25) is 0 Å². The van der Waals surface area contributed by atoms with Crippen molar-refractivity contribution in [2.45, 2.75) is 45.1 Å². The zero-order valence-corrected chi connectivity index (χ0v) is 14.5. The summed E-state index contributed by atoms with van der Waals surface area (Å²) in [5, 5.41) is 9.53. The van der Waals surface area contributed by atoms with Gasteiger partial charge in [0, 0.05) is 23.9 Å². The summed E-state index contributed by atoms with van der Waals surface area (Å²) in [6, 6.07) is 7.51. The van der Waals surface area contributed by atoms with E-state index in [1.54, 1.807) is 25.1 Å². The van der Waals surface area contributed by atoms with Crippen molar-refractivity contribution in [1.82, 2.24) is 9.55 Å². The third kappa shape index (κ3) is 4.29. The average Bonchev–Trinajstić information content (AvgIpc) is 3.06. The van der Waals surface area contributed by atoms with Crippen molar-refractivity contribution in [3.63, 3.8) is 0 Å². The van der Waals surface area contributed by atoms with Gasteiger partial charge in [-0.05, 0) is 50.1 Å². The summed E-state index contributed by atoms with van der Waals surface area (Å²) in [5.74, 6) is 0.748. The van der Waals surface area contributed by atoms with Crippen LogP contribution in [0.5, 0.6) is 5.75 Å². The molecular weight excluding hydrogens is 316 g/mol. The highest BCUT2D eigenvalue weighted by molar-refractivity contribution is 5.86. The van der Waals surface area contributed by atoms with Gasteiger partial charge in [0.1, 0.15) is 11.6 Å². The van der Waals surface area contributed by atoms with E-state index in [1.807, 2.05) is 18.3 Å². The third-order valence-corrected chi connectivity index (χ3v) is 4.52. The highest BCUT2D eigenvalue weighted by atomic mass is 16.5. The van der Waals surface area contributed by atoms with Crippen LogP contribution in [0.1, 0.15) is 50.8 Å². The largest absolute Gasteiger partial charge is 0.508 e. The van der Waals surface area contributed by atoms with Gasteiger partial charge in [-0.2, -0.15) is 0 Å². The Kier molecular flexibility index (Phi) is 5.53. The SMILES string of the molecule is CCOC(=O)/C=C/c1cn(C2CCCCC2)c(-c2ccc(O)cc2)n1. The fraction of sp³-hybridized carbons (Fsp3) is 0.400. The molecule has 0 saturated heterocycles. The van der Waals surface area contributed by atoms with E-state index in [0.717, 1.165) is 29.9 Å². The van der Waals surface area contributed by atoms with Gasteiger partial charge in [-0.1, -0.05) is 19.3 Å². The third-order valence-electron chi connectivity index (χ3n) is 4.52. The molecule has 1 aliphatic rings. The molecule has 0 unspecified atom stereocenters. The molecule has 0 bridgehead atoms. The van der Waals surface area contributed by atoms with Crippen LogP contribution < -0.4 is 0 Å². The van der Waals surface area contributed by atoms with Crippen molar-refractivity contribution < 1.29 is 14.6 Å². The normalized spacial score (nSPS) is 15.6. The van der Waals surface area contributed by atoms with Crippen molar-refractivity contribution in [2.24, 2.45) is 0 Å². The van der Waals surface area contributed by atoms with Crippen LogP contribution in [-0.4, -0.2) is 27.2 Å². The molecule has 3 rings (SSSR count). The fourth-order valence-electron chi connectivity index (χ4n) is 3.30. The number of carbonyl (C=O) groups is 1. The van der Waals surface area contributed by atoms with Crippen molar-refractivity contribution in [1.29, 1.82) is 0 Å². The number of nitrogens with zero attached hydrogens (tertiary/aromatic N) is 2. The van der Waals surface area contributed by atoms with E-state index in [0.29, 0.717) is 12.6 Å². The lowest BCUT2D eigenvalue weighted by Crippen LogP contribution is -2.13. The van der Waals surface area contributed by atoms with Crippen molar-refractivity contribution in [2.75, 3.05) is 6.61 Å². The second kappa shape index (κ2) is 8.01. The molecule has 1 aromatic carbocycles. The van der Waals surface area contributed by atoms with Crippen molar-refractivity contribution in [3.05, 3.63) is 42.2 Å². The standard InChI is InChI=1S/C20H24N2O3/c1-2-25-19(24)13-10-16-14-22(17-6-4-3-5-7-17)20(21-16)15-8-11-18(23)12-9-15/h8-14,17,23H,2-7H2,1H3/b13-10+. The van der Waals surface area contributed by atoms with Gasteiger partial charge >= 0.3 is 5.97 Å². The topological polar surface area (TPSA) is 64.3 Å². The smallest absolute Gasteiger partial charge is 0.330 e. The quantitative estimate of drug-likeness (QED) is 0.650. The summed E-state index contributed by atoms with van der Waals surface area (Å²) in [4.78, 5) is 16.2. The van der Waals surface area contributed by atoms with Crippen molar-refractivity contribution in [3.8, 4) is 17.1 Å². The molecule has 132 valence electrons. The molecule has 5 heteroatoms. The van der Waals surface area contributed by atoms with Gasteiger partial charge in [-0.25, -0.2) is 9.78 Å². The maximum absolute atomic E-state index is 11.5. The summed E-state index contributed by atoms with van der Waals surface area (Å²) in [6.07, 6.45) is 11.1. The molecule has 1 aromatic heterocycles. The number of aromatic hydroxyl groups is 1. The van der Waals surface area contributed by atoms with Gasteiger partial charge in [-0.3, -0.25) is 0 Å². The second-order valence-electron chi connectivity index (χ2n) is 6.32. The lowest BCUT2D eigenvalue weighted by molar-refractivity contribution is -0.137. The number of esters is 1. The van der Waals surface area contributed by atoms with Gasteiger partial charge in [0.15, 0.2) is 0 Å². The Morgan fingerprint density at radius 3 is 2.68 bits per heavy atom. The minimum absolute atomic E-state index is 0.238. The number of ether oxygens (including phenoxy) is 1. The Labute approximate surface area is 148 Å². The second-order valence-corrected chi connectivity index (χ2v) is 6.32. The van der Waals surface area contributed by atoms with Crippen LogP contribution in [0.25, 0.3) is 17.5 Å². The predicted molar refractivity (Wildman–Crippen MR) is 97.1 cm³/mol. The first-order valence-electron chi connectivity index (χ1n) is 8.90. The Morgan fingerprint density at radius 1 is 1.28 bits per heavy atom. The molecule has 5 nitrogen and oxygen atoms in total. The van der Waals surface area contributed by atoms with E-state index in [1.165, 1.54) is 25.3 Å². The van der Waals surface area contributed by atoms with E-state index in [9.17, 15) is 9.90 Å². The molecule has 1 heterocycles. The van der Waals surface area contributed by atoms with Crippen LogP contribution in [0.4, 0.5) is 0 Å². The molecular formula is C20H24N2O3. The number of aromatic nitrogens is 2. The van der Waals surface area contributed by atoms with E-state index in [2.05, 4.69) is 4.57 Å². The van der Waals surface area contributed by atoms with Crippen LogP contribution in [0.2, 0.25) is 0 Å². The highest BCUT2D eigenvalue weighted by Crippen LogP contribution is 2.33. The van der Waals surface area contributed by atoms with E-state index >= 15 is 0 Å². The lowest BCUT2D eigenvalue weighted by Gasteiger charge is -2.24. The number of carbonyl (C=O) groups excluding carboxylic acids is 1. The number of hydrogen-bond donors (Lipinski definition) is 1. The molecule has 1 aliphatic carbocycles. The Bertz CT molecular complexity index is 741. The van der Waals surface area contributed by atoms with Crippen LogP contribution >= 0.6 is 0 Å². The summed E-state index contributed by atoms with van der Waals surface area (Å²) in [6.45, 7) is 2.14. The minimum atomic E-state index is -0.360. The number of phenolic OH excluding ortho intramolecular Hbond substituents is 1. The molecule has 1 fully saturated rings. The monoisotopic (exact) mass is 340 g/mol. The zero-order chi connectivity index (χ0) is 17.6. The minimum Gasteiger partial charge on any atom is -0.508 e. The fourth-order valence-corrected chi connectivity index (χ4v) is 3.30. The number of imidazole rings is 1. The number of hydrogen-bond acceptors (Lipinski definition) is 4. The number of benzene rings is 1.